The fourth-order valence-electron chi connectivity index (χ4n) is 1.79. The lowest BCUT2D eigenvalue weighted by atomic mass is 10.1. The van der Waals surface area contributed by atoms with Crippen molar-refractivity contribution >= 4 is 5.65 Å². The predicted octanol–water partition coefficient (Wildman–Crippen LogP) is 3.58. The molecule has 0 aliphatic heterocycles. The average Bonchev–Trinajstić information content (AvgIpc) is 2.59. The van der Waals surface area contributed by atoms with E-state index in [4.69, 9.17) is 4.98 Å². The van der Waals surface area contributed by atoms with Crippen molar-refractivity contribution in [2.24, 2.45) is 0 Å². The van der Waals surface area contributed by atoms with Crippen LogP contribution in [0.4, 0.5) is 0 Å². The minimum Gasteiger partial charge on any atom is -0.308 e. The van der Waals surface area contributed by atoms with Gasteiger partial charge in [-0.1, -0.05) is 27.7 Å². The fourth-order valence-corrected chi connectivity index (χ4v) is 1.79. The SMILES string of the molecule is CC(C)c1ccn2ccc(C(C)C)c2n1. The van der Waals surface area contributed by atoms with Gasteiger partial charge >= 0.3 is 0 Å². The van der Waals surface area contributed by atoms with Crippen molar-refractivity contribution < 1.29 is 0 Å². The Morgan fingerprint density at radius 3 is 2.27 bits per heavy atom. The standard InChI is InChI=1S/C13H18N2/c1-9(2)11-5-7-15-8-6-12(10(3)4)14-13(11)15/h5-10H,1-4H3. The molecule has 2 aromatic heterocycles. The zero-order valence-electron chi connectivity index (χ0n) is 9.86. The number of hydrogen-bond acceptors (Lipinski definition) is 1. The average molecular weight is 202 g/mol. The van der Waals surface area contributed by atoms with E-state index in [1.54, 1.807) is 0 Å². The van der Waals surface area contributed by atoms with Crippen LogP contribution in [0.25, 0.3) is 5.65 Å². The van der Waals surface area contributed by atoms with Crippen LogP contribution in [0.5, 0.6) is 0 Å². The van der Waals surface area contributed by atoms with E-state index in [2.05, 4.69) is 56.6 Å². The molecule has 0 spiro atoms. The van der Waals surface area contributed by atoms with E-state index in [0.717, 1.165) is 5.65 Å². The zero-order chi connectivity index (χ0) is 11.0. The Morgan fingerprint density at radius 2 is 1.67 bits per heavy atom. The van der Waals surface area contributed by atoms with Crippen molar-refractivity contribution in [1.29, 1.82) is 0 Å². The lowest BCUT2D eigenvalue weighted by molar-refractivity contribution is 0.812. The van der Waals surface area contributed by atoms with Crippen LogP contribution in [-0.2, 0) is 0 Å². The number of rotatable bonds is 2. The van der Waals surface area contributed by atoms with Crippen LogP contribution in [0.3, 0.4) is 0 Å². The molecule has 0 aromatic carbocycles. The third kappa shape index (κ3) is 1.76. The van der Waals surface area contributed by atoms with Gasteiger partial charge in [0.15, 0.2) is 0 Å². The Kier molecular flexibility index (Phi) is 2.51. The van der Waals surface area contributed by atoms with Gasteiger partial charge in [0, 0.05) is 18.1 Å². The molecule has 2 heteroatoms. The molecule has 0 saturated heterocycles. The molecular formula is C13H18N2. The lowest BCUT2D eigenvalue weighted by Gasteiger charge is -2.07. The summed E-state index contributed by atoms with van der Waals surface area (Å²) in [6, 6.07) is 4.26. The van der Waals surface area contributed by atoms with E-state index in [1.165, 1.54) is 11.3 Å². The molecule has 0 N–H and O–H groups in total. The topological polar surface area (TPSA) is 17.3 Å². The second kappa shape index (κ2) is 3.69. The first-order chi connectivity index (χ1) is 7.09. The molecule has 2 heterocycles. The Bertz CT molecular complexity index is 466. The van der Waals surface area contributed by atoms with Gasteiger partial charge in [0.25, 0.3) is 0 Å². The molecule has 0 saturated carbocycles. The van der Waals surface area contributed by atoms with Gasteiger partial charge in [-0.2, -0.15) is 0 Å². The molecule has 0 atom stereocenters. The molecule has 0 radical (unpaired) electrons. The lowest BCUT2D eigenvalue weighted by Crippen LogP contribution is -1.97. The third-order valence-electron chi connectivity index (χ3n) is 2.77. The first kappa shape index (κ1) is 10.2. The Hall–Kier alpha value is -1.31. The molecule has 0 fully saturated rings. The van der Waals surface area contributed by atoms with Crippen molar-refractivity contribution in [3.05, 3.63) is 35.8 Å². The maximum atomic E-state index is 4.72. The summed E-state index contributed by atoms with van der Waals surface area (Å²) in [5.41, 5.74) is 3.61. The maximum absolute atomic E-state index is 4.72. The van der Waals surface area contributed by atoms with Crippen LogP contribution in [0, 0.1) is 0 Å². The number of hydrogen-bond donors (Lipinski definition) is 0. The summed E-state index contributed by atoms with van der Waals surface area (Å²) < 4.78 is 2.10. The van der Waals surface area contributed by atoms with E-state index < -0.39 is 0 Å². The van der Waals surface area contributed by atoms with Crippen LogP contribution in [-0.4, -0.2) is 9.38 Å². The van der Waals surface area contributed by atoms with Gasteiger partial charge in [-0.25, -0.2) is 4.98 Å². The van der Waals surface area contributed by atoms with E-state index in [1.807, 2.05) is 0 Å². The van der Waals surface area contributed by atoms with Crippen LogP contribution in [0.15, 0.2) is 24.5 Å². The second-order valence-corrected chi connectivity index (χ2v) is 4.66. The van der Waals surface area contributed by atoms with E-state index in [0.29, 0.717) is 11.8 Å². The van der Waals surface area contributed by atoms with Crippen LogP contribution >= 0.6 is 0 Å². The monoisotopic (exact) mass is 202 g/mol. The van der Waals surface area contributed by atoms with E-state index >= 15 is 0 Å². The van der Waals surface area contributed by atoms with Gasteiger partial charge in [-0.15, -0.1) is 0 Å². The molecule has 0 amide bonds. The van der Waals surface area contributed by atoms with E-state index in [9.17, 15) is 0 Å². The highest BCUT2D eigenvalue weighted by atomic mass is 15.0. The highest BCUT2D eigenvalue weighted by Crippen LogP contribution is 2.21. The maximum Gasteiger partial charge on any atom is 0.140 e. The quantitative estimate of drug-likeness (QED) is 0.727. The van der Waals surface area contributed by atoms with Crippen LogP contribution in [0.2, 0.25) is 0 Å². The van der Waals surface area contributed by atoms with Crippen molar-refractivity contribution in [3.63, 3.8) is 0 Å². The summed E-state index contributed by atoms with van der Waals surface area (Å²) in [5, 5.41) is 0. The van der Waals surface area contributed by atoms with Gasteiger partial charge in [0.1, 0.15) is 5.65 Å². The summed E-state index contributed by atoms with van der Waals surface area (Å²) in [5.74, 6) is 1.02. The largest absolute Gasteiger partial charge is 0.308 e. The first-order valence-electron chi connectivity index (χ1n) is 5.57. The third-order valence-corrected chi connectivity index (χ3v) is 2.77. The van der Waals surface area contributed by atoms with Gasteiger partial charge in [0.2, 0.25) is 0 Å². The van der Waals surface area contributed by atoms with Crippen LogP contribution < -0.4 is 0 Å². The predicted molar refractivity (Wildman–Crippen MR) is 63.4 cm³/mol. The Morgan fingerprint density at radius 1 is 1.00 bits per heavy atom. The second-order valence-electron chi connectivity index (χ2n) is 4.66. The normalized spacial score (nSPS) is 11.9. The number of aromatic nitrogens is 2. The van der Waals surface area contributed by atoms with Gasteiger partial charge < -0.3 is 4.40 Å². The summed E-state index contributed by atoms with van der Waals surface area (Å²) in [6.07, 6.45) is 4.19. The highest BCUT2D eigenvalue weighted by molar-refractivity contribution is 5.51. The van der Waals surface area contributed by atoms with Crippen molar-refractivity contribution in [2.45, 2.75) is 39.5 Å². The van der Waals surface area contributed by atoms with Gasteiger partial charge in [-0.05, 0) is 29.5 Å². The van der Waals surface area contributed by atoms with Crippen molar-refractivity contribution in [2.75, 3.05) is 0 Å². The molecular weight excluding hydrogens is 184 g/mol. The number of fused-ring (bicyclic) bond motifs is 1. The smallest absolute Gasteiger partial charge is 0.140 e. The molecule has 2 rings (SSSR count). The van der Waals surface area contributed by atoms with Gasteiger partial charge in [0.05, 0.1) is 0 Å². The Labute approximate surface area is 91.0 Å². The van der Waals surface area contributed by atoms with Crippen molar-refractivity contribution in [1.82, 2.24) is 9.38 Å². The molecule has 2 aromatic rings. The summed E-state index contributed by atoms with van der Waals surface area (Å²) in [7, 11) is 0. The molecule has 0 unspecified atom stereocenters. The van der Waals surface area contributed by atoms with Gasteiger partial charge in [-0.3, -0.25) is 0 Å². The Balaban J connectivity index is 2.61. The summed E-state index contributed by atoms with van der Waals surface area (Å²) in [6.45, 7) is 8.77. The summed E-state index contributed by atoms with van der Waals surface area (Å²) >= 11 is 0. The molecule has 15 heavy (non-hydrogen) atoms. The fraction of sp³-hybridized carbons (Fsp3) is 0.462. The minimum atomic E-state index is 0.491. The summed E-state index contributed by atoms with van der Waals surface area (Å²) in [4.78, 5) is 4.72. The minimum absolute atomic E-state index is 0.491. The highest BCUT2D eigenvalue weighted by Gasteiger charge is 2.09. The van der Waals surface area contributed by atoms with Crippen LogP contribution in [0.1, 0.15) is 50.8 Å². The number of nitrogens with zero attached hydrogens (tertiary/aromatic N) is 2. The molecule has 2 nitrogen and oxygen atoms in total. The zero-order valence-corrected chi connectivity index (χ0v) is 9.86. The molecule has 0 bridgehead atoms. The molecule has 0 aliphatic carbocycles. The molecule has 0 aliphatic rings. The first-order valence-corrected chi connectivity index (χ1v) is 5.57. The molecule has 80 valence electrons. The van der Waals surface area contributed by atoms with Crippen molar-refractivity contribution in [3.8, 4) is 0 Å². The van der Waals surface area contributed by atoms with E-state index in [-0.39, 0.29) is 0 Å².